The van der Waals surface area contributed by atoms with Crippen LogP contribution in [0.1, 0.15) is 20.3 Å². The van der Waals surface area contributed by atoms with Crippen molar-refractivity contribution in [3.05, 3.63) is 11.6 Å². The van der Waals surface area contributed by atoms with Gasteiger partial charge in [0.25, 0.3) is 0 Å². The number of hydrogen-bond donors (Lipinski definition) is 0. The minimum Gasteiger partial charge on any atom is -0.373 e. The second-order valence-corrected chi connectivity index (χ2v) is 3.13. The Morgan fingerprint density at radius 2 is 2.45 bits per heavy atom. The van der Waals surface area contributed by atoms with Gasteiger partial charge >= 0.3 is 0 Å². The van der Waals surface area contributed by atoms with Gasteiger partial charge in [0.15, 0.2) is 0 Å². The van der Waals surface area contributed by atoms with Gasteiger partial charge in [-0.3, -0.25) is 0 Å². The summed E-state index contributed by atoms with van der Waals surface area (Å²) in [5, 5.41) is 8.62. The van der Waals surface area contributed by atoms with E-state index in [1.807, 2.05) is 6.08 Å². The average Bonchev–Trinajstić information content (AvgIpc) is 2.05. The lowest BCUT2D eigenvalue weighted by atomic mass is 10.0. The molecule has 2 heteroatoms. The Balaban J connectivity index is 2.65. The summed E-state index contributed by atoms with van der Waals surface area (Å²) in [6, 6.07) is 2.17. The van der Waals surface area contributed by atoms with Crippen molar-refractivity contribution in [2.45, 2.75) is 26.4 Å². The van der Waals surface area contributed by atoms with Gasteiger partial charge in [0.05, 0.1) is 18.8 Å². The predicted octanol–water partition coefficient (Wildman–Crippen LogP) is 1.88. The average molecular weight is 151 g/mol. The Morgan fingerprint density at radius 3 is 3.00 bits per heavy atom. The van der Waals surface area contributed by atoms with E-state index >= 15 is 0 Å². The van der Waals surface area contributed by atoms with Crippen LogP contribution in [0.3, 0.4) is 0 Å². The number of hydrogen-bond acceptors (Lipinski definition) is 2. The Kier molecular flexibility index (Phi) is 2.67. The Hall–Kier alpha value is -0.810. The lowest BCUT2D eigenvalue weighted by Gasteiger charge is -2.22. The highest BCUT2D eigenvalue weighted by Gasteiger charge is 2.16. The molecule has 0 fully saturated rings. The monoisotopic (exact) mass is 151 g/mol. The molecule has 0 aliphatic carbocycles. The molecule has 1 unspecified atom stereocenters. The smallest absolute Gasteiger partial charge is 0.0945 e. The SMILES string of the molecule is CC(C)C1C=C(C#N)CCO1. The molecule has 1 heterocycles. The second kappa shape index (κ2) is 3.54. The van der Waals surface area contributed by atoms with Crippen molar-refractivity contribution in [3.8, 4) is 6.07 Å². The second-order valence-electron chi connectivity index (χ2n) is 3.13. The minimum atomic E-state index is 0.151. The van der Waals surface area contributed by atoms with Crippen LogP contribution in [0.4, 0.5) is 0 Å². The van der Waals surface area contributed by atoms with Gasteiger partial charge < -0.3 is 4.74 Å². The molecule has 1 aliphatic rings. The molecule has 0 bridgehead atoms. The molecular formula is C9H13NO. The molecule has 0 aromatic heterocycles. The van der Waals surface area contributed by atoms with E-state index in [2.05, 4.69) is 19.9 Å². The number of ether oxygens (including phenoxy) is 1. The van der Waals surface area contributed by atoms with Gasteiger partial charge in [0.2, 0.25) is 0 Å². The molecule has 0 spiro atoms. The van der Waals surface area contributed by atoms with Crippen LogP contribution in [-0.2, 0) is 4.74 Å². The zero-order valence-corrected chi connectivity index (χ0v) is 7.00. The lowest BCUT2D eigenvalue weighted by molar-refractivity contribution is 0.0483. The van der Waals surface area contributed by atoms with Crippen LogP contribution in [-0.4, -0.2) is 12.7 Å². The first-order valence-corrected chi connectivity index (χ1v) is 3.96. The topological polar surface area (TPSA) is 33.0 Å². The van der Waals surface area contributed by atoms with E-state index in [9.17, 15) is 0 Å². The fourth-order valence-electron chi connectivity index (χ4n) is 1.11. The van der Waals surface area contributed by atoms with E-state index < -0.39 is 0 Å². The Bertz CT molecular complexity index is 200. The van der Waals surface area contributed by atoms with Crippen molar-refractivity contribution in [2.24, 2.45) is 5.92 Å². The van der Waals surface area contributed by atoms with E-state index in [1.54, 1.807) is 0 Å². The molecule has 0 aromatic rings. The molecule has 0 N–H and O–H groups in total. The van der Waals surface area contributed by atoms with Crippen LogP contribution in [0.2, 0.25) is 0 Å². The van der Waals surface area contributed by atoms with Crippen LogP contribution >= 0.6 is 0 Å². The van der Waals surface area contributed by atoms with Gasteiger partial charge in [-0.1, -0.05) is 13.8 Å². The van der Waals surface area contributed by atoms with Crippen molar-refractivity contribution >= 4 is 0 Å². The summed E-state index contributed by atoms with van der Waals surface area (Å²) in [5.74, 6) is 0.471. The third-order valence-corrected chi connectivity index (χ3v) is 1.85. The van der Waals surface area contributed by atoms with Crippen LogP contribution in [0.15, 0.2) is 11.6 Å². The standard InChI is InChI=1S/C9H13NO/c1-7(2)9-5-8(6-10)3-4-11-9/h5,7,9H,3-4H2,1-2H3. The zero-order chi connectivity index (χ0) is 8.27. The highest BCUT2D eigenvalue weighted by Crippen LogP contribution is 2.17. The maximum atomic E-state index is 8.62. The maximum absolute atomic E-state index is 8.62. The summed E-state index contributed by atoms with van der Waals surface area (Å²) in [5.41, 5.74) is 0.870. The summed E-state index contributed by atoms with van der Waals surface area (Å²) in [4.78, 5) is 0. The van der Waals surface area contributed by atoms with Gasteiger partial charge in [-0.2, -0.15) is 5.26 Å². The Labute approximate surface area is 67.5 Å². The molecule has 0 radical (unpaired) electrons. The molecule has 0 saturated heterocycles. The molecule has 60 valence electrons. The quantitative estimate of drug-likeness (QED) is 0.573. The first kappa shape index (κ1) is 8.29. The summed E-state index contributed by atoms with van der Waals surface area (Å²) in [7, 11) is 0. The number of rotatable bonds is 1. The third kappa shape index (κ3) is 2.06. The maximum Gasteiger partial charge on any atom is 0.0945 e. The number of nitriles is 1. The van der Waals surface area contributed by atoms with E-state index in [1.165, 1.54) is 0 Å². The molecule has 0 saturated carbocycles. The van der Waals surface area contributed by atoms with Crippen molar-refractivity contribution in [1.29, 1.82) is 5.26 Å². The summed E-state index contributed by atoms with van der Waals surface area (Å²) >= 11 is 0. The third-order valence-electron chi connectivity index (χ3n) is 1.85. The van der Waals surface area contributed by atoms with Crippen LogP contribution < -0.4 is 0 Å². The molecule has 2 nitrogen and oxygen atoms in total. The first-order chi connectivity index (χ1) is 5.24. The highest BCUT2D eigenvalue weighted by atomic mass is 16.5. The molecule has 1 atom stereocenters. The lowest BCUT2D eigenvalue weighted by Crippen LogP contribution is -2.22. The predicted molar refractivity (Wildman–Crippen MR) is 42.9 cm³/mol. The van der Waals surface area contributed by atoms with Crippen LogP contribution in [0.5, 0.6) is 0 Å². The van der Waals surface area contributed by atoms with Gasteiger partial charge in [0, 0.05) is 12.0 Å². The van der Waals surface area contributed by atoms with Gasteiger partial charge in [-0.05, 0) is 12.0 Å². The highest BCUT2D eigenvalue weighted by molar-refractivity contribution is 5.23. The fourth-order valence-corrected chi connectivity index (χ4v) is 1.11. The normalized spacial score (nSPS) is 24.5. The van der Waals surface area contributed by atoms with Gasteiger partial charge in [-0.25, -0.2) is 0 Å². The molecular weight excluding hydrogens is 138 g/mol. The minimum absolute atomic E-state index is 0.151. The molecule has 11 heavy (non-hydrogen) atoms. The van der Waals surface area contributed by atoms with Gasteiger partial charge in [-0.15, -0.1) is 0 Å². The first-order valence-electron chi connectivity index (χ1n) is 3.96. The number of nitrogens with zero attached hydrogens (tertiary/aromatic N) is 1. The van der Waals surface area contributed by atoms with E-state index in [-0.39, 0.29) is 6.10 Å². The van der Waals surface area contributed by atoms with Crippen LogP contribution in [0.25, 0.3) is 0 Å². The molecule has 0 amide bonds. The van der Waals surface area contributed by atoms with E-state index in [4.69, 9.17) is 10.00 Å². The summed E-state index contributed by atoms with van der Waals surface area (Å²) < 4.78 is 5.44. The van der Waals surface area contributed by atoms with Crippen molar-refractivity contribution < 1.29 is 4.74 Å². The van der Waals surface area contributed by atoms with Crippen molar-refractivity contribution in [1.82, 2.24) is 0 Å². The zero-order valence-electron chi connectivity index (χ0n) is 7.00. The van der Waals surface area contributed by atoms with Gasteiger partial charge in [0.1, 0.15) is 0 Å². The van der Waals surface area contributed by atoms with Crippen molar-refractivity contribution in [2.75, 3.05) is 6.61 Å². The fraction of sp³-hybridized carbons (Fsp3) is 0.667. The van der Waals surface area contributed by atoms with E-state index in [0.29, 0.717) is 12.5 Å². The summed E-state index contributed by atoms with van der Waals surface area (Å²) in [6.07, 6.45) is 2.87. The molecule has 1 aliphatic heterocycles. The Morgan fingerprint density at radius 1 is 1.73 bits per heavy atom. The van der Waals surface area contributed by atoms with E-state index in [0.717, 1.165) is 12.0 Å². The van der Waals surface area contributed by atoms with Crippen LogP contribution in [0, 0.1) is 17.2 Å². The largest absolute Gasteiger partial charge is 0.373 e. The summed E-state index contributed by atoms with van der Waals surface area (Å²) in [6.45, 7) is 4.89. The van der Waals surface area contributed by atoms with Crippen molar-refractivity contribution in [3.63, 3.8) is 0 Å². The molecule has 0 aromatic carbocycles. The molecule has 1 rings (SSSR count).